The van der Waals surface area contributed by atoms with Gasteiger partial charge in [-0.2, -0.15) is 8.78 Å². The van der Waals surface area contributed by atoms with Crippen molar-refractivity contribution in [2.75, 3.05) is 0 Å². The number of ether oxygens (including phenoxy) is 1. The summed E-state index contributed by atoms with van der Waals surface area (Å²) in [6.07, 6.45) is 2.50. The van der Waals surface area contributed by atoms with E-state index >= 15 is 0 Å². The van der Waals surface area contributed by atoms with E-state index in [1.807, 2.05) is 0 Å². The molecule has 1 nitrogen and oxygen atoms in total. The number of hydrogen-bond donors (Lipinski definition) is 0. The van der Waals surface area contributed by atoms with Gasteiger partial charge in [0.05, 0.1) is 5.02 Å². The molecular weight excluding hydrogens is 198 g/mol. The van der Waals surface area contributed by atoms with Crippen LogP contribution in [-0.2, 0) is 0 Å². The van der Waals surface area contributed by atoms with Crippen molar-refractivity contribution in [2.45, 2.75) is 6.61 Å². The SMILES string of the molecule is C=[C]c1cccc(OC(F)F)c1Cl. The molecular formula is C9H6ClF2O. The normalized spacial score (nSPS) is 10.2. The van der Waals surface area contributed by atoms with E-state index in [0.29, 0.717) is 5.56 Å². The molecule has 0 amide bonds. The molecule has 1 aromatic carbocycles. The van der Waals surface area contributed by atoms with Crippen molar-refractivity contribution in [2.24, 2.45) is 0 Å². The molecule has 0 unspecified atom stereocenters. The summed E-state index contributed by atoms with van der Waals surface area (Å²) in [4.78, 5) is 0. The van der Waals surface area contributed by atoms with Crippen molar-refractivity contribution in [3.05, 3.63) is 41.4 Å². The average molecular weight is 204 g/mol. The molecule has 0 atom stereocenters. The van der Waals surface area contributed by atoms with Crippen LogP contribution < -0.4 is 4.74 Å². The average Bonchev–Trinajstić information content (AvgIpc) is 2.08. The van der Waals surface area contributed by atoms with Crippen LogP contribution in [0.3, 0.4) is 0 Å². The van der Waals surface area contributed by atoms with Crippen LogP contribution in [0.15, 0.2) is 24.8 Å². The van der Waals surface area contributed by atoms with E-state index in [1.165, 1.54) is 12.1 Å². The molecule has 0 aliphatic heterocycles. The van der Waals surface area contributed by atoms with Crippen LogP contribution >= 0.6 is 11.6 Å². The minimum absolute atomic E-state index is 0.0645. The highest BCUT2D eigenvalue weighted by Crippen LogP contribution is 2.29. The maximum atomic E-state index is 11.8. The molecule has 0 saturated carbocycles. The van der Waals surface area contributed by atoms with Gasteiger partial charge in [0.1, 0.15) is 5.75 Å². The lowest BCUT2D eigenvalue weighted by Crippen LogP contribution is -2.02. The molecule has 0 spiro atoms. The lowest BCUT2D eigenvalue weighted by atomic mass is 10.2. The maximum Gasteiger partial charge on any atom is 0.387 e. The van der Waals surface area contributed by atoms with Gasteiger partial charge in [0.2, 0.25) is 0 Å². The van der Waals surface area contributed by atoms with Gasteiger partial charge < -0.3 is 4.74 Å². The number of rotatable bonds is 3. The number of halogens is 3. The third kappa shape index (κ3) is 2.42. The van der Waals surface area contributed by atoms with Gasteiger partial charge in [-0.15, -0.1) is 0 Å². The minimum atomic E-state index is -2.88. The van der Waals surface area contributed by atoms with Gasteiger partial charge in [-0.05, 0) is 12.1 Å². The van der Waals surface area contributed by atoms with E-state index in [9.17, 15) is 8.78 Å². The van der Waals surface area contributed by atoms with Crippen LogP contribution in [0.25, 0.3) is 0 Å². The van der Waals surface area contributed by atoms with Crippen molar-refractivity contribution in [3.8, 4) is 5.75 Å². The molecule has 0 aromatic heterocycles. The summed E-state index contributed by atoms with van der Waals surface area (Å²) in [5.74, 6) is -0.0645. The molecule has 0 saturated heterocycles. The van der Waals surface area contributed by atoms with Crippen LogP contribution in [-0.4, -0.2) is 6.61 Å². The van der Waals surface area contributed by atoms with E-state index in [4.69, 9.17) is 11.6 Å². The Bertz CT molecular complexity index is 312. The zero-order valence-electron chi connectivity index (χ0n) is 6.56. The van der Waals surface area contributed by atoms with Crippen molar-refractivity contribution < 1.29 is 13.5 Å². The summed E-state index contributed by atoms with van der Waals surface area (Å²) in [5, 5.41) is 0.0952. The smallest absolute Gasteiger partial charge is 0.387 e. The summed E-state index contributed by atoms with van der Waals surface area (Å²) >= 11 is 5.69. The zero-order valence-corrected chi connectivity index (χ0v) is 7.31. The molecule has 0 heterocycles. The molecule has 0 fully saturated rings. The molecule has 0 N–H and O–H groups in total. The standard InChI is InChI=1S/C9H6ClF2O/c1-2-6-4-3-5-7(8(6)10)13-9(11)12/h3-5,9H,1H2. The Hall–Kier alpha value is -1.09. The fourth-order valence-electron chi connectivity index (χ4n) is 0.834. The molecule has 0 bridgehead atoms. The number of alkyl halides is 2. The summed E-state index contributed by atoms with van der Waals surface area (Å²) < 4.78 is 27.8. The predicted octanol–water partition coefficient (Wildman–Crippen LogP) is 3.28. The number of benzene rings is 1. The van der Waals surface area contributed by atoms with Gasteiger partial charge in [0, 0.05) is 5.56 Å². The number of hydrogen-bond acceptors (Lipinski definition) is 1. The molecule has 0 aliphatic rings. The third-order valence-corrected chi connectivity index (χ3v) is 1.76. The quantitative estimate of drug-likeness (QED) is 0.733. The van der Waals surface area contributed by atoms with Gasteiger partial charge in [-0.3, -0.25) is 0 Å². The van der Waals surface area contributed by atoms with E-state index in [2.05, 4.69) is 17.4 Å². The second-order valence-corrected chi connectivity index (χ2v) is 2.55. The van der Waals surface area contributed by atoms with Crippen LogP contribution in [0.1, 0.15) is 5.56 Å². The Morgan fingerprint density at radius 1 is 1.46 bits per heavy atom. The molecule has 69 valence electrons. The Morgan fingerprint density at radius 3 is 2.69 bits per heavy atom. The van der Waals surface area contributed by atoms with Crippen LogP contribution in [0.2, 0.25) is 5.02 Å². The van der Waals surface area contributed by atoms with Gasteiger partial charge in [0.25, 0.3) is 0 Å². The van der Waals surface area contributed by atoms with E-state index in [-0.39, 0.29) is 10.8 Å². The molecule has 13 heavy (non-hydrogen) atoms. The first-order chi connectivity index (χ1) is 6.15. The Labute approximate surface area is 79.6 Å². The minimum Gasteiger partial charge on any atom is -0.433 e. The van der Waals surface area contributed by atoms with Gasteiger partial charge in [0.15, 0.2) is 0 Å². The van der Waals surface area contributed by atoms with Gasteiger partial charge in [-0.1, -0.05) is 30.3 Å². The fourth-order valence-corrected chi connectivity index (χ4v) is 1.07. The molecule has 1 rings (SSSR count). The topological polar surface area (TPSA) is 9.23 Å². The Morgan fingerprint density at radius 2 is 2.15 bits per heavy atom. The van der Waals surface area contributed by atoms with Crippen molar-refractivity contribution in [1.82, 2.24) is 0 Å². The van der Waals surface area contributed by atoms with E-state index < -0.39 is 6.61 Å². The summed E-state index contributed by atoms with van der Waals surface area (Å²) in [6, 6.07) is 4.50. The Balaban J connectivity index is 3.01. The third-order valence-electron chi connectivity index (χ3n) is 1.37. The highest BCUT2D eigenvalue weighted by molar-refractivity contribution is 6.33. The highest BCUT2D eigenvalue weighted by atomic mass is 35.5. The fraction of sp³-hybridized carbons (Fsp3) is 0.111. The second kappa shape index (κ2) is 4.23. The van der Waals surface area contributed by atoms with Crippen molar-refractivity contribution in [3.63, 3.8) is 0 Å². The first-order valence-electron chi connectivity index (χ1n) is 3.41. The highest BCUT2D eigenvalue weighted by Gasteiger charge is 2.09. The largest absolute Gasteiger partial charge is 0.433 e. The van der Waals surface area contributed by atoms with E-state index in [1.54, 1.807) is 6.07 Å². The van der Waals surface area contributed by atoms with E-state index in [0.717, 1.165) is 0 Å². The molecule has 1 aromatic rings. The van der Waals surface area contributed by atoms with Crippen LogP contribution in [0.4, 0.5) is 8.78 Å². The lowest BCUT2D eigenvalue weighted by molar-refractivity contribution is -0.0497. The second-order valence-electron chi connectivity index (χ2n) is 2.17. The first-order valence-corrected chi connectivity index (χ1v) is 3.79. The molecule has 4 heteroatoms. The van der Waals surface area contributed by atoms with Crippen LogP contribution in [0, 0.1) is 6.08 Å². The molecule has 0 aliphatic carbocycles. The first kappa shape index (κ1) is 9.99. The monoisotopic (exact) mass is 203 g/mol. The van der Waals surface area contributed by atoms with Crippen LogP contribution in [0.5, 0.6) is 5.75 Å². The van der Waals surface area contributed by atoms with Crippen molar-refractivity contribution >= 4 is 11.6 Å². The van der Waals surface area contributed by atoms with Gasteiger partial charge in [-0.25, -0.2) is 0 Å². The van der Waals surface area contributed by atoms with Gasteiger partial charge >= 0.3 is 6.61 Å². The summed E-state index contributed by atoms with van der Waals surface area (Å²) in [5.41, 5.74) is 0.444. The summed E-state index contributed by atoms with van der Waals surface area (Å²) in [7, 11) is 0. The lowest BCUT2D eigenvalue weighted by Gasteiger charge is -2.07. The maximum absolute atomic E-state index is 11.8. The molecule has 1 radical (unpaired) electrons. The Kier molecular flexibility index (Phi) is 3.25. The zero-order chi connectivity index (χ0) is 9.84. The predicted molar refractivity (Wildman–Crippen MR) is 46.1 cm³/mol. The van der Waals surface area contributed by atoms with Crippen molar-refractivity contribution in [1.29, 1.82) is 0 Å². The summed E-state index contributed by atoms with van der Waals surface area (Å²) in [6.45, 7) is 0.482.